The van der Waals surface area contributed by atoms with E-state index < -0.39 is 0 Å². The third-order valence-electron chi connectivity index (χ3n) is 3.60. The Morgan fingerprint density at radius 3 is 3.12 bits per heavy atom. The van der Waals surface area contributed by atoms with Crippen LogP contribution < -0.4 is 5.73 Å². The summed E-state index contributed by atoms with van der Waals surface area (Å²) in [7, 11) is 0. The van der Waals surface area contributed by atoms with Gasteiger partial charge in [0.15, 0.2) is 0 Å². The SMILES string of the molecule is NC(=O)C1=CC2C(C=C1)N=CC1CSC=CC12. The number of nitrogens with zero attached hydrogens (tertiary/aromatic N) is 1. The molecule has 0 radical (unpaired) electrons. The molecule has 4 atom stereocenters. The van der Waals surface area contributed by atoms with Gasteiger partial charge in [-0.1, -0.05) is 24.3 Å². The second kappa shape index (κ2) is 4.18. The van der Waals surface area contributed by atoms with Crippen LogP contribution in [0.2, 0.25) is 0 Å². The van der Waals surface area contributed by atoms with Gasteiger partial charge >= 0.3 is 0 Å². The molecule has 4 heteroatoms. The summed E-state index contributed by atoms with van der Waals surface area (Å²) in [5, 5.41) is 2.16. The van der Waals surface area contributed by atoms with Gasteiger partial charge in [0.25, 0.3) is 0 Å². The van der Waals surface area contributed by atoms with Gasteiger partial charge in [-0.15, -0.1) is 11.8 Å². The highest BCUT2D eigenvalue weighted by molar-refractivity contribution is 8.02. The van der Waals surface area contributed by atoms with Gasteiger partial charge in [-0.3, -0.25) is 9.79 Å². The van der Waals surface area contributed by atoms with Gasteiger partial charge in [0.1, 0.15) is 0 Å². The van der Waals surface area contributed by atoms with Gasteiger partial charge in [0.2, 0.25) is 5.91 Å². The zero-order valence-corrected chi connectivity index (χ0v) is 10.1. The third-order valence-corrected chi connectivity index (χ3v) is 4.52. The van der Waals surface area contributed by atoms with Gasteiger partial charge in [-0.2, -0.15) is 0 Å². The Balaban J connectivity index is 1.96. The van der Waals surface area contributed by atoms with Crippen LogP contribution in [-0.4, -0.2) is 23.9 Å². The van der Waals surface area contributed by atoms with Crippen LogP contribution in [0.15, 0.2) is 40.3 Å². The number of carbonyl (C=O) groups is 1. The van der Waals surface area contributed by atoms with Crippen LogP contribution in [0, 0.1) is 17.8 Å². The van der Waals surface area contributed by atoms with E-state index in [1.165, 1.54) is 0 Å². The monoisotopic (exact) mass is 246 g/mol. The van der Waals surface area contributed by atoms with Gasteiger partial charge in [-0.05, 0) is 11.3 Å². The minimum Gasteiger partial charge on any atom is -0.366 e. The number of carbonyl (C=O) groups excluding carboxylic acids is 1. The number of nitrogens with two attached hydrogens (primary N) is 1. The van der Waals surface area contributed by atoms with Crippen molar-refractivity contribution in [2.75, 3.05) is 5.75 Å². The minimum absolute atomic E-state index is 0.173. The molecule has 17 heavy (non-hydrogen) atoms. The zero-order chi connectivity index (χ0) is 11.8. The van der Waals surface area contributed by atoms with Gasteiger partial charge in [0, 0.05) is 29.4 Å². The van der Waals surface area contributed by atoms with E-state index in [1.54, 1.807) is 6.08 Å². The molecule has 88 valence electrons. The molecule has 0 saturated carbocycles. The molecule has 0 aromatic heterocycles. The van der Waals surface area contributed by atoms with Crippen molar-refractivity contribution in [2.45, 2.75) is 6.04 Å². The highest BCUT2D eigenvalue weighted by atomic mass is 32.2. The second-order valence-electron chi connectivity index (χ2n) is 4.61. The standard InChI is InChI=1S/C13H14N2OS/c14-13(16)8-1-2-12-11(5-8)10-3-4-17-7-9(10)6-15-12/h1-6,9-12H,7H2,(H2,14,16). The van der Waals surface area contributed by atoms with E-state index in [2.05, 4.69) is 22.7 Å². The highest BCUT2D eigenvalue weighted by Gasteiger charge is 2.36. The van der Waals surface area contributed by atoms with Crippen molar-refractivity contribution in [3.8, 4) is 0 Å². The molecule has 0 spiro atoms. The number of amides is 1. The molecule has 3 nitrogen and oxygen atoms in total. The van der Waals surface area contributed by atoms with Crippen LogP contribution in [0.3, 0.4) is 0 Å². The molecule has 2 heterocycles. The number of fused-ring (bicyclic) bond motifs is 3. The van der Waals surface area contributed by atoms with Crippen molar-refractivity contribution in [3.05, 3.63) is 35.3 Å². The lowest BCUT2D eigenvalue weighted by molar-refractivity contribution is -0.114. The molecule has 0 bridgehead atoms. The first-order valence-corrected chi connectivity index (χ1v) is 6.82. The quantitative estimate of drug-likeness (QED) is 0.763. The summed E-state index contributed by atoms with van der Waals surface area (Å²) in [5.41, 5.74) is 5.96. The molecule has 0 fully saturated rings. The lowest BCUT2D eigenvalue weighted by atomic mass is 9.74. The Kier molecular flexibility index (Phi) is 2.67. The number of rotatable bonds is 1. The van der Waals surface area contributed by atoms with Crippen LogP contribution in [0.4, 0.5) is 0 Å². The predicted molar refractivity (Wildman–Crippen MR) is 70.8 cm³/mol. The molecule has 3 aliphatic rings. The summed E-state index contributed by atoms with van der Waals surface area (Å²) in [6.45, 7) is 0. The Morgan fingerprint density at radius 1 is 1.41 bits per heavy atom. The van der Waals surface area contributed by atoms with Crippen LogP contribution >= 0.6 is 11.8 Å². The molecule has 2 aliphatic heterocycles. The summed E-state index contributed by atoms with van der Waals surface area (Å²) < 4.78 is 0. The number of allylic oxidation sites excluding steroid dienone is 1. The maximum Gasteiger partial charge on any atom is 0.248 e. The molecule has 2 N–H and O–H groups in total. The van der Waals surface area contributed by atoms with E-state index >= 15 is 0 Å². The van der Waals surface area contributed by atoms with Crippen LogP contribution in [0.5, 0.6) is 0 Å². The van der Waals surface area contributed by atoms with Crippen molar-refractivity contribution in [3.63, 3.8) is 0 Å². The molecule has 0 saturated heterocycles. The minimum atomic E-state index is -0.347. The molecule has 1 aliphatic carbocycles. The Morgan fingerprint density at radius 2 is 2.29 bits per heavy atom. The average Bonchev–Trinajstić information content (AvgIpc) is 2.38. The molecule has 4 unspecified atom stereocenters. The number of thioether (sulfide) groups is 1. The van der Waals surface area contributed by atoms with Crippen LogP contribution in [-0.2, 0) is 4.79 Å². The van der Waals surface area contributed by atoms with Crippen molar-refractivity contribution in [2.24, 2.45) is 28.5 Å². The van der Waals surface area contributed by atoms with E-state index in [0.717, 1.165) is 5.75 Å². The highest BCUT2D eigenvalue weighted by Crippen LogP contribution is 2.39. The molecular formula is C13H14N2OS. The van der Waals surface area contributed by atoms with Crippen molar-refractivity contribution in [1.29, 1.82) is 0 Å². The number of primary amides is 1. The lowest BCUT2D eigenvalue weighted by Gasteiger charge is -2.37. The van der Waals surface area contributed by atoms with E-state index in [4.69, 9.17) is 5.73 Å². The first-order valence-electron chi connectivity index (χ1n) is 5.77. The van der Waals surface area contributed by atoms with Crippen molar-refractivity contribution in [1.82, 2.24) is 0 Å². The van der Waals surface area contributed by atoms with Crippen molar-refractivity contribution < 1.29 is 4.79 Å². The van der Waals surface area contributed by atoms with Gasteiger partial charge < -0.3 is 5.73 Å². The fraction of sp³-hybridized carbons (Fsp3) is 0.385. The second-order valence-corrected chi connectivity index (χ2v) is 5.55. The van der Waals surface area contributed by atoms with E-state index in [1.807, 2.05) is 23.9 Å². The topological polar surface area (TPSA) is 55.5 Å². The fourth-order valence-electron chi connectivity index (χ4n) is 2.68. The van der Waals surface area contributed by atoms with E-state index in [-0.39, 0.29) is 17.9 Å². The first kappa shape index (κ1) is 10.8. The van der Waals surface area contributed by atoms with Gasteiger partial charge in [-0.25, -0.2) is 0 Å². The van der Waals surface area contributed by atoms with E-state index in [9.17, 15) is 4.79 Å². The molecular weight excluding hydrogens is 232 g/mol. The molecule has 0 aromatic rings. The largest absolute Gasteiger partial charge is 0.366 e. The predicted octanol–water partition coefficient (Wildman–Crippen LogP) is 1.53. The Bertz CT molecular complexity index is 464. The van der Waals surface area contributed by atoms with Crippen molar-refractivity contribution >= 4 is 23.9 Å². The number of aliphatic imine (C=N–C) groups is 1. The smallest absolute Gasteiger partial charge is 0.248 e. The average molecular weight is 246 g/mol. The molecule has 0 aromatic carbocycles. The number of hydrogen-bond acceptors (Lipinski definition) is 3. The zero-order valence-electron chi connectivity index (χ0n) is 9.32. The summed E-state index contributed by atoms with van der Waals surface area (Å²) >= 11 is 1.82. The first-order chi connectivity index (χ1) is 8.25. The summed E-state index contributed by atoms with van der Waals surface area (Å²) in [4.78, 5) is 15.8. The van der Waals surface area contributed by atoms with Crippen LogP contribution in [0.1, 0.15) is 0 Å². The Hall–Kier alpha value is -1.29. The van der Waals surface area contributed by atoms with E-state index in [0.29, 0.717) is 17.4 Å². The maximum absolute atomic E-state index is 11.2. The lowest BCUT2D eigenvalue weighted by Crippen LogP contribution is -2.37. The normalized spacial score (nSPS) is 38.2. The number of hydrogen-bond donors (Lipinski definition) is 1. The summed E-state index contributed by atoms with van der Waals surface area (Å²) in [6.07, 6.45) is 10.1. The third kappa shape index (κ3) is 1.86. The fourth-order valence-corrected chi connectivity index (χ4v) is 3.61. The molecule has 3 rings (SSSR count). The summed E-state index contributed by atoms with van der Waals surface area (Å²) in [5.74, 6) is 1.97. The summed E-state index contributed by atoms with van der Waals surface area (Å²) in [6, 6.07) is 0.173. The maximum atomic E-state index is 11.2. The Labute approximate surface area is 105 Å². The van der Waals surface area contributed by atoms with Gasteiger partial charge in [0.05, 0.1) is 6.04 Å². The van der Waals surface area contributed by atoms with Crippen LogP contribution in [0.25, 0.3) is 0 Å². The molecule has 1 amide bonds.